The normalized spacial score (nSPS) is 19.5. The third-order valence-corrected chi connectivity index (χ3v) is 9.04. The summed E-state index contributed by atoms with van der Waals surface area (Å²) in [5, 5.41) is 5.91. The Balaban J connectivity index is 1.25. The van der Waals surface area contributed by atoms with Crippen LogP contribution in [0.1, 0.15) is 31.2 Å². The van der Waals surface area contributed by atoms with Gasteiger partial charge in [-0.3, -0.25) is 29.5 Å². The second kappa shape index (κ2) is 13.0. The predicted octanol–water partition coefficient (Wildman–Crippen LogP) is 2.95. The molecule has 0 spiro atoms. The minimum atomic E-state index is -0.918. The van der Waals surface area contributed by atoms with E-state index in [4.69, 9.17) is 16.2 Å². The number of morpholine rings is 1. The van der Waals surface area contributed by atoms with Gasteiger partial charge in [-0.05, 0) is 79.6 Å². The van der Waals surface area contributed by atoms with Gasteiger partial charge >= 0.3 is 0 Å². The number of carbonyl (C=O) groups is 2. The highest BCUT2D eigenvalue weighted by Gasteiger charge is 2.36. The maximum Gasteiger partial charge on any atom is 0.271 e. The number of nitrogens with zero attached hydrogens (tertiary/aromatic N) is 3. The molecule has 1 aliphatic carbocycles. The number of nitrogens with two attached hydrogens (primary N) is 2. The van der Waals surface area contributed by atoms with Gasteiger partial charge in [-0.1, -0.05) is 24.3 Å². The Labute approximate surface area is 255 Å². The second-order valence-electron chi connectivity index (χ2n) is 11.8. The molecule has 6 N–H and O–H groups in total. The molecule has 6 rings (SSSR count). The molecular formula is C33H39N7O4. The van der Waals surface area contributed by atoms with Crippen LogP contribution in [-0.4, -0.2) is 65.9 Å². The molecule has 44 heavy (non-hydrogen) atoms. The number of benzene rings is 2. The highest BCUT2D eigenvalue weighted by Crippen LogP contribution is 2.33. The highest BCUT2D eigenvalue weighted by atomic mass is 16.5. The molecular weight excluding hydrogens is 558 g/mol. The summed E-state index contributed by atoms with van der Waals surface area (Å²) < 4.78 is 5.44. The van der Waals surface area contributed by atoms with Gasteiger partial charge in [-0.2, -0.15) is 0 Å². The van der Waals surface area contributed by atoms with Gasteiger partial charge < -0.3 is 21.1 Å². The number of ether oxygens (including phenoxy) is 1. The van der Waals surface area contributed by atoms with Gasteiger partial charge in [-0.15, -0.1) is 0 Å². The Hall–Kier alpha value is -4.48. The first kappa shape index (κ1) is 29.6. The second-order valence-corrected chi connectivity index (χ2v) is 11.8. The van der Waals surface area contributed by atoms with E-state index in [1.54, 1.807) is 23.1 Å². The van der Waals surface area contributed by atoms with Crippen molar-refractivity contribution < 1.29 is 14.3 Å². The Bertz CT molecular complexity index is 1650. The van der Waals surface area contributed by atoms with Crippen LogP contribution < -0.4 is 26.8 Å². The molecule has 2 aliphatic rings. The number of H-pyrrole nitrogens is 2. The zero-order valence-electron chi connectivity index (χ0n) is 24.7. The molecule has 2 fully saturated rings. The maximum absolute atomic E-state index is 14.1. The number of fused-ring (bicyclic) bond motifs is 1. The summed E-state index contributed by atoms with van der Waals surface area (Å²) in [6.45, 7) is 3.67. The summed E-state index contributed by atoms with van der Waals surface area (Å²) in [6, 6.07) is 16.2. The third kappa shape index (κ3) is 6.24. The van der Waals surface area contributed by atoms with Crippen LogP contribution in [0.2, 0.25) is 0 Å². The number of anilines is 2. The number of primary amides is 1. The Morgan fingerprint density at radius 2 is 1.70 bits per heavy atom. The van der Waals surface area contributed by atoms with Crippen molar-refractivity contribution in [1.82, 2.24) is 15.2 Å². The molecule has 230 valence electrons. The van der Waals surface area contributed by atoms with Crippen molar-refractivity contribution in [2.75, 3.05) is 42.6 Å². The molecule has 2 aromatic heterocycles. The fourth-order valence-electron chi connectivity index (χ4n) is 6.39. The van der Waals surface area contributed by atoms with E-state index in [9.17, 15) is 14.4 Å². The van der Waals surface area contributed by atoms with Crippen LogP contribution in [0.3, 0.4) is 0 Å². The number of aromatic amines is 2. The third-order valence-electron chi connectivity index (χ3n) is 9.04. The van der Waals surface area contributed by atoms with Crippen LogP contribution in [0.5, 0.6) is 0 Å². The zero-order valence-corrected chi connectivity index (χ0v) is 24.7. The molecule has 1 saturated carbocycles. The van der Waals surface area contributed by atoms with Gasteiger partial charge in [0, 0.05) is 42.9 Å². The van der Waals surface area contributed by atoms with Crippen LogP contribution in [0.25, 0.3) is 22.0 Å². The van der Waals surface area contributed by atoms with Crippen LogP contribution in [0.15, 0.2) is 65.6 Å². The number of hydrogen-bond donors (Lipinski definition) is 4. The van der Waals surface area contributed by atoms with Gasteiger partial charge in [0.05, 0.1) is 24.1 Å². The van der Waals surface area contributed by atoms with Crippen molar-refractivity contribution >= 4 is 34.2 Å². The van der Waals surface area contributed by atoms with E-state index in [-0.39, 0.29) is 23.8 Å². The van der Waals surface area contributed by atoms with Crippen LogP contribution in [0.4, 0.5) is 11.5 Å². The van der Waals surface area contributed by atoms with Crippen LogP contribution in [-0.2, 0) is 20.7 Å². The summed E-state index contributed by atoms with van der Waals surface area (Å²) in [6.07, 6.45) is 5.27. The lowest BCUT2D eigenvalue weighted by molar-refractivity contribution is -0.127. The van der Waals surface area contributed by atoms with E-state index >= 15 is 0 Å². The Morgan fingerprint density at radius 1 is 0.977 bits per heavy atom. The molecule has 2 aromatic carbocycles. The van der Waals surface area contributed by atoms with Crippen molar-refractivity contribution in [3.05, 3.63) is 76.7 Å². The number of hydrogen-bond acceptors (Lipinski definition) is 7. The van der Waals surface area contributed by atoms with E-state index in [2.05, 4.69) is 26.1 Å². The standard InChI is InChI=1S/C33H39N7O4/c34-19-22-3-7-24(8-4-22)33(43)40(26-10-11-27-28(18-26)37-38-32(27)42)29(31(35)41)17-21-1-5-23(6-2-21)25-9-12-30(36-20-25)39-13-15-44-16-14-39/h1-2,5-6,9-12,18,20,22,24,29H,3-4,7-8,13-17,19,34H2,(H2,35,41)(H2,37,38,42)/t22?,24?,29-/m0/s1. The average molecular weight is 598 g/mol. The Kier molecular flexibility index (Phi) is 8.76. The molecule has 11 nitrogen and oxygen atoms in total. The number of rotatable bonds is 9. The fraction of sp³-hybridized carbons (Fsp3) is 0.394. The monoisotopic (exact) mass is 597 g/mol. The van der Waals surface area contributed by atoms with E-state index in [1.807, 2.05) is 36.5 Å². The summed E-state index contributed by atoms with van der Waals surface area (Å²) in [5.41, 5.74) is 15.6. The number of amides is 2. The molecule has 0 bridgehead atoms. The first-order valence-corrected chi connectivity index (χ1v) is 15.3. The van der Waals surface area contributed by atoms with Crippen molar-refractivity contribution in [1.29, 1.82) is 0 Å². The van der Waals surface area contributed by atoms with E-state index in [1.165, 1.54) is 0 Å². The van der Waals surface area contributed by atoms with Gasteiger partial charge in [0.25, 0.3) is 5.56 Å². The minimum Gasteiger partial charge on any atom is -0.378 e. The lowest BCUT2D eigenvalue weighted by Gasteiger charge is -2.35. The minimum absolute atomic E-state index is 0.135. The summed E-state index contributed by atoms with van der Waals surface area (Å²) >= 11 is 0. The summed E-state index contributed by atoms with van der Waals surface area (Å²) in [5.74, 6) is 0.371. The maximum atomic E-state index is 14.1. The first-order chi connectivity index (χ1) is 21.4. The SMILES string of the molecule is NCC1CCC(C(=O)N(c2ccc3c(=O)[nH][nH]c3c2)[C@@H](Cc2ccc(-c3ccc(N4CCOCC4)nc3)cc2)C(N)=O)CC1. The topological polar surface area (TPSA) is 163 Å². The van der Waals surface area contributed by atoms with Crippen molar-refractivity contribution in [3.63, 3.8) is 0 Å². The molecule has 1 atom stereocenters. The zero-order chi connectivity index (χ0) is 30.6. The molecule has 0 unspecified atom stereocenters. The Morgan fingerprint density at radius 3 is 2.36 bits per heavy atom. The highest BCUT2D eigenvalue weighted by molar-refractivity contribution is 6.03. The smallest absolute Gasteiger partial charge is 0.271 e. The lowest BCUT2D eigenvalue weighted by atomic mass is 9.81. The van der Waals surface area contributed by atoms with Crippen molar-refractivity contribution in [2.24, 2.45) is 23.3 Å². The fourth-order valence-corrected chi connectivity index (χ4v) is 6.39. The van der Waals surface area contributed by atoms with E-state index in [0.29, 0.717) is 55.1 Å². The van der Waals surface area contributed by atoms with Gasteiger partial charge in [-0.25, -0.2) is 4.98 Å². The van der Waals surface area contributed by atoms with E-state index < -0.39 is 11.9 Å². The molecule has 11 heteroatoms. The molecule has 1 saturated heterocycles. The molecule has 4 aromatic rings. The van der Waals surface area contributed by atoms with E-state index in [0.717, 1.165) is 48.4 Å². The quantitative estimate of drug-likeness (QED) is 0.230. The summed E-state index contributed by atoms with van der Waals surface area (Å²) in [4.78, 5) is 47.7. The average Bonchev–Trinajstić information content (AvgIpc) is 3.44. The molecule has 2 amide bonds. The number of nitrogens with one attached hydrogen (secondary N) is 2. The predicted molar refractivity (Wildman–Crippen MR) is 170 cm³/mol. The lowest BCUT2D eigenvalue weighted by Crippen LogP contribution is -2.52. The molecule has 0 radical (unpaired) electrons. The van der Waals surface area contributed by atoms with Gasteiger partial charge in [0.15, 0.2) is 0 Å². The van der Waals surface area contributed by atoms with Crippen LogP contribution in [0, 0.1) is 11.8 Å². The number of pyridine rings is 1. The molecule has 3 heterocycles. The first-order valence-electron chi connectivity index (χ1n) is 15.3. The van der Waals surface area contributed by atoms with Gasteiger partial charge in [0.1, 0.15) is 11.9 Å². The van der Waals surface area contributed by atoms with Crippen LogP contribution >= 0.6 is 0 Å². The number of carbonyl (C=O) groups excluding carboxylic acids is 2. The molecule has 1 aliphatic heterocycles. The van der Waals surface area contributed by atoms with Gasteiger partial charge in [0.2, 0.25) is 11.8 Å². The van der Waals surface area contributed by atoms with Crippen molar-refractivity contribution in [2.45, 2.75) is 38.1 Å². The largest absolute Gasteiger partial charge is 0.378 e. The number of aromatic nitrogens is 3. The summed E-state index contributed by atoms with van der Waals surface area (Å²) in [7, 11) is 0. The van der Waals surface area contributed by atoms with Crippen molar-refractivity contribution in [3.8, 4) is 11.1 Å².